The Balaban J connectivity index is 1.99. The fraction of sp³-hybridized carbons (Fsp3) is 0.400. The number of hydrogen-bond acceptors (Lipinski definition) is 3. The van der Waals surface area contributed by atoms with Gasteiger partial charge in [0, 0.05) is 18.7 Å². The molecule has 1 aromatic carbocycles. The molecule has 6 nitrogen and oxygen atoms in total. The predicted octanol–water partition coefficient (Wildman–Crippen LogP) is 0.152. The Labute approximate surface area is 123 Å². The molecule has 2 atom stereocenters. The number of nitrogens with one attached hydrogen (secondary N) is 2. The third kappa shape index (κ3) is 3.39. The van der Waals surface area contributed by atoms with E-state index in [4.69, 9.17) is 0 Å². The van der Waals surface area contributed by atoms with E-state index in [9.17, 15) is 14.4 Å². The fourth-order valence-electron chi connectivity index (χ4n) is 2.26. The molecule has 0 aromatic heterocycles. The van der Waals surface area contributed by atoms with Crippen LogP contribution in [0.25, 0.3) is 0 Å². The van der Waals surface area contributed by atoms with Gasteiger partial charge in [0.05, 0.1) is 0 Å². The van der Waals surface area contributed by atoms with Gasteiger partial charge in [0.25, 0.3) is 5.91 Å². The van der Waals surface area contributed by atoms with Gasteiger partial charge < -0.3 is 15.5 Å². The minimum atomic E-state index is -0.675. The highest BCUT2D eigenvalue weighted by molar-refractivity contribution is 5.98. The quantitative estimate of drug-likeness (QED) is 0.831. The van der Waals surface area contributed by atoms with Crippen molar-refractivity contribution in [1.29, 1.82) is 0 Å². The molecule has 0 radical (unpaired) electrons. The second-order valence-corrected chi connectivity index (χ2v) is 5.06. The van der Waals surface area contributed by atoms with Crippen LogP contribution in [-0.2, 0) is 9.59 Å². The molecular weight excluding hydrogens is 270 g/mol. The van der Waals surface area contributed by atoms with Crippen molar-refractivity contribution in [3.8, 4) is 0 Å². The van der Waals surface area contributed by atoms with Crippen LogP contribution in [0.5, 0.6) is 0 Å². The van der Waals surface area contributed by atoms with Gasteiger partial charge in [-0.3, -0.25) is 14.4 Å². The minimum absolute atomic E-state index is 0.170. The molecule has 112 valence electrons. The Bertz CT molecular complexity index is 544. The second kappa shape index (κ2) is 6.39. The van der Waals surface area contributed by atoms with Gasteiger partial charge in [0.1, 0.15) is 12.1 Å². The van der Waals surface area contributed by atoms with Crippen molar-refractivity contribution in [1.82, 2.24) is 15.5 Å². The SMILES string of the molecule is CC(NC(=O)c1ccccc1)C(=O)N1CCNC(=O)C1C. The number of rotatable bonds is 3. The molecule has 0 bridgehead atoms. The molecule has 0 spiro atoms. The first-order valence-electron chi connectivity index (χ1n) is 6.95. The largest absolute Gasteiger partial charge is 0.353 e. The number of carbonyl (C=O) groups excluding carboxylic acids is 3. The molecule has 1 fully saturated rings. The van der Waals surface area contributed by atoms with E-state index < -0.39 is 12.1 Å². The summed E-state index contributed by atoms with van der Waals surface area (Å²) < 4.78 is 0. The third-order valence-corrected chi connectivity index (χ3v) is 3.54. The minimum Gasteiger partial charge on any atom is -0.353 e. The van der Waals surface area contributed by atoms with Crippen molar-refractivity contribution in [3.63, 3.8) is 0 Å². The van der Waals surface area contributed by atoms with E-state index in [2.05, 4.69) is 10.6 Å². The van der Waals surface area contributed by atoms with Crippen molar-refractivity contribution in [2.75, 3.05) is 13.1 Å². The molecule has 1 aromatic rings. The normalized spacial score (nSPS) is 19.6. The Morgan fingerprint density at radius 2 is 2.00 bits per heavy atom. The lowest BCUT2D eigenvalue weighted by atomic mass is 10.1. The zero-order chi connectivity index (χ0) is 15.4. The van der Waals surface area contributed by atoms with E-state index in [0.29, 0.717) is 18.7 Å². The molecule has 2 N–H and O–H groups in total. The van der Waals surface area contributed by atoms with Gasteiger partial charge in [-0.05, 0) is 26.0 Å². The Kier molecular flexibility index (Phi) is 4.57. The molecule has 1 aliphatic rings. The molecule has 2 rings (SSSR count). The van der Waals surface area contributed by atoms with Crippen LogP contribution >= 0.6 is 0 Å². The molecule has 0 aliphatic carbocycles. The van der Waals surface area contributed by atoms with Gasteiger partial charge >= 0.3 is 0 Å². The summed E-state index contributed by atoms with van der Waals surface area (Å²) in [4.78, 5) is 37.5. The standard InChI is InChI=1S/C15H19N3O3/c1-10(17-14(20)12-6-4-3-5-7-12)15(21)18-9-8-16-13(19)11(18)2/h3-7,10-11H,8-9H2,1-2H3,(H,16,19)(H,17,20). The lowest BCUT2D eigenvalue weighted by Gasteiger charge is -2.34. The molecule has 0 saturated carbocycles. The van der Waals surface area contributed by atoms with E-state index in [1.54, 1.807) is 38.1 Å². The number of benzene rings is 1. The van der Waals surface area contributed by atoms with Gasteiger partial charge in [-0.15, -0.1) is 0 Å². The summed E-state index contributed by atoms with van der Waals surface area (Å²) in [5.41, 5.74) is 0.501. The van der Waals surface area contributed by atoms with E-state index in [1.165, 1.54) is 4.90 Å². The zero-order valence-electron chi connectivity index (χ0n) is 12.1. The number of nitrogens with zero attached hydrogens (tertiary/aromatic N) is 1. The van der Waals surface area contributed by atoms with Crippen molar-refractivity contribution < 1.29 is 14.4 Å². The van der Waals surface area contributed by atoms with Crippen LogP contribution in [0.1, 0.15) is 24.2 Å². The summed E-state index contributed by atoms with van der Waals surface area (Å²) in [6.07, 6.45) is 0. The van der Waals surface area contributed by atoms with Crippen LogP contribution in [-0.4, -0.2) is 47.8 Å². The smallest absolute Gasteiger partial charge is 0.251 e. The number of carbonyl (C=O) groups is 3. The van der Waals surface area contributed by atoms with Crippen LogP contribution in [0, 0.1) is 0 Å². The summed E-state index contributed by atoms with van der Waals surface area (Å²) in [7, 11) is 0. The van der Waals surface area contributed by atoms with E-state index in [-0.39, 0.29) is 17.7 Å². The van der Waals surface area contributed by atoms with E-state index in [0.717, 1.165) is 0 Å². The Hall–Kier alpha value is -2.37. The highest BCUT2D eigenvalue weighted by atomic mass is 16.2. The summed E-state index contributed by atoms with van der Waals surface area (Å²) >= 11 is 0. The van der Waals surface area contributed by atoms with Crippen LogP contribution in [0.3, 0.4) is 0 Å². The third-order valence-electron chi connectivity index (χ3n) is 3.54. The average Bonchev–Trinajstić information content (AvgIpc) is 2.50. The molecule has 6 heteroatoms. The molecule has 1 heterocycles. The van der Waals surface area contributed by atoms with E-state index in [1.807, 2.05) is 6.07 Å². The lowest BCUT2D eigenvalue weighted by molar-refractivity contribution is -0.143. The molecule has 1 saturated heterocycles. The van der Waals surface area contributed by atoms with Gasteiger partial charge in [-0.1, -0.05) is 18.2 Å². The predicted molar refractivity (Wildman–Crippen MR) is 77.6 cm³/mol. The maximum atomic E-state index is 12.4. The van der Waals surface area contributed by atoms with Crippen LogP contribution in [0.15, 0.2) is 30.3 Å². The first-order valence-corrected chi connectivity index (χ1v) is 6.95. The molecule has 2 unspecified atom stereocenters. The van der Waals surface area contributed by atoms with Gasteiger partial charge in [-0.2, -0.15) is 0 Å². The van der Waals surface area contributed by atoms with Crippen molar-refractivity contribution in [2.45, 2.75) is 25.9 Å². The summed E-state index contributed by atoms with van der Waals surface area (Å²) in [5, 5.41) is 5.37. The first-order chi connectivity index (χ1) is 10.0. The average molecular weight is 289 g/mol. The summed E-state index contributed by atoms with van der Waals surface area (Å²) in [5.74, 6) is -0.719. The lowest BCUT2D eigenvalue weighted by Crippen LogP contribution is -2.59. The number of hydrogen-bond donors (Lipinski definition) is 2. The van der Waals surface area contributed by atoms with Gasteiger partial charge in [-0.25, -0.2) is 0 Å². The Morgan fingerprint density at radius 3 is 2.67 bits per heavy atom. The van der Waals surface area contributed by atoms with Crippen LogP contribution < -0.4 is 10.6 Å². The van der Waals surface area contributed by atoms with Crippen LogP contribution in [0.2, 0.25) is 0 Å². The van der Waals surface area contributed by atoms with E-state index >= 15 is 0 Å². The molecule has 21 heavy (non-hydrogen) atoms. The number of amides is 3. The monoisotopic (exact) mass is 289 g/mol. The topological polar surface area (TPSA) is 78.5 Å². The van der Waals surface area contributed by atoms with Gasteiger partial charge in [0.2, 0.25) is 11.8 Å². The van der Waals surface area contributed by atoms with Crippen LogP contribution in [0.4, 0.5) is 0 Å². The highest BCUT2D eigenvalue weighted by Gasteiger charge is 2.32. The molecule has 3 amide bonds. The van der Waals surface area contributed by atoms with Crippen molar-refractivity contribution in [2.24, 2.45) is 0 Å². The fourth-order valence-corrected chi connectivity index (χ4v) is 2.26. The summed E-state index contributed by atoms with van der Waals surface area (Å²) in [6.45, 7) is 4.20. The molecular formula is C15H19N3O3. The summed E-state index contributed by atoms with van der Waals surface area (Å²) in [6, 6.07) is 7.52. The van der Waals surface area contributed by atoms with Gasteiger partial charge in [0.15, 0.2) is 0 Å². The zero-order valence-corrected chi connectivity index (χ0v) is 12.1. The highest BCUT2D eigenvalue weighted by Crippen LogP contribution is 2.07. The maximum Gasteiger partial charge on any atom is 0.251 e. The second-order valence-electron chi connectivity index (χ2n) is 5.06. The molecule has 1 aliphatic heterocycles. The number of piperazine rings is 1. The van der Waals surface area contributed by atoms with Crippen molar-refractivity contribution >= 4 is 17.7 Å². The van der Waals surface area contributed by atoms with Crippen molar-refractivity contribution in [3.05, 3.63) is 35.9 Å². The first kappa shape index (κ1) is 15.0. The Morgan fingerprint density at radius 1 is 1.33 bits per heavy atom. The maximum absolute atomic E-state index is 12.4.